The van der Waals surface area contributed by atoms with Gasteiger partial charge in [-0.2, -0.15) is 0 Å². The summed E-state index contributed by atoms with van der Waals surface area (Å²) in [6.07, 6.45) is -0.230. The highest BCUT2D eigenvalue weighted by Gasteiger charge is 2.47. The predicted octanol–water partition coefficient (Wildman–Crippen LogP) is 2.63. The fraction of sp³-hybridized carbons (Fsp3) is 0.333. The molecule has 0 aromatic heterocycles. The normalized spacial score (nSPS) is 22.6. The molecule has 1 saturated heterocycles. The molecule has 1 aliphatic heterocycles. The van der Waals surface area contributed by atoms with Crippen molar-refractivity contribution in [1.82, 2.24) is 4.90 Å². The molecule has 102 valence electrons. The molecule has 0 spiro atoms. The van der Waals surface area contributed by atoms with E-state index in [0.29, 0.717) is 5.02 Å². The highest BCUT2D eigenvalue weighted by Crippen LogP contribution is 2.29. The first-order valence-electron chi connectivity index (χ1n) is 5.50. The van der Waals surface area contributed by atoms with Crippen LogP contribution in [0.5, 0.6) is 0 Å². The third kappa shape index (κ3) is 2.67. The van der Waals surface area contributed by atoms with E-state index in [9.17, 15) is 14.0 Å². The van der Waals surface area contributed by atoms with Crippen molar-refractivity contribution in [2.75, 3.05) is 13.1 Å². The Morgan fingerprint density at radius 1 is 1.37 bits per heavy atom. The van der Waals surface area contributed by atoms with Gasteiger partial charge in [-0.05, 0) is 18.2 Å². The van der Waals surface area contributed by atoms with Gasteiger partial charge in [0, 0.05) is 18.0 Å². The van der Waals surface area contributed by atoms with Gasteiger partial charge in [-0.3, -0.25) is 4.79 Å². The molecular weight excluding hydrogens is 296 g/mol. The lowest BCUT2D eigenvalue weighted by Crippen LogP contribution is -2.39. The Balaban J connectivity index is 2.22. The maximum absolute atomic E-state index is 13.9. The van der Waals surface area contributed by atoms with Gasteiger partial charge in [0.15, 0.2) is 0 Å². The van der Waals surface area contributed by atoms with E-state index in [4.69, 9.17) is 28.3 Å². The zero-order valence-electron chi connectivity index (χ0n) is 9.70. The first kappa shape index (κ1) is 14.1. The molecule has 2 rings (SSSR count). The molecule has 1 unspecified atom stereocenters. The van der Waals surface area contributed by atoms with Crippen molar-refractivity contribution in [3.05, 3.63) is 33.8 Å². The molecule has 19 heavy (non-hydrogen) atoms. The first-order valence-corrected chi connectivity index (χ1v) is 6.26. The highest BCUT2D eigenvalue weighted by molar-refractivity contribution is 6.35. The maximum atomic E-state index is 13.9. The second kappa shape index (κ2) is 4.98. The number of rotatable bonds is 2. The van der Waals surface area contributed by atoms with E-state index < -0.39 is 24.1 Å². The van der Waals surface area contributed by atoms with Crippen molar-refractivity contribution in [3.8, 4) is 0 Å². The Morgan fingerprint density at radius 2 is 2.05 bits per heavy atom. The molecule has 1 atom stereocenters. The zero-order chi connectivity index (χ0) is 14.2. The summed E-state index contributed by atoms with van der Waals surface area (Å²) in [5.41, 5.74) is -2.25. The third-order valence-corrected chi connectivity index (χ3v) is 3.61. The van der Waals surface area contributed by atoms with Gasteiger partial charge in [0.05, 0.1) is 17.1 Å². The predicted molar refractivity (Wildman–Crippen MR) is 68.5 cm³/mol. The standard InChI is InChI=1S/C12H10Cl2FNO3/c13-7-1-2-9(14)8(5-7)10(17)16-4-3-12(15,6-16)11(18)19/h1-2,5H,3-4,6H2,(H,18,19). The van der Waals surface area contributed by atoms with E-state index in [1.54, 1.807) is 0 Å². The number of hydrogen-bond acceptors (Lipinski definition) is 2. The van der Waals surface area contributed by atoms with Gasteiger partial charge in [-0.15, -0.1) is 0 Å². The van der Waals surface area contributed by atoms with Crippen molar-refractivity contribution < 1.29 is 19.1 Å². The van der Waals surface area contributed by atoms with Crippen LogP contribution < -0.4 is 0 Å². The van der Waals surface area contributed by atoms with Crippen molar-refractivity contribution in [1.29, 1.82) is 0 Å². The quantitative estimate of drug-likeness (QED) is 0.914. The van der Waals surface area contributed by atoms with Crippen molar-refractivity contribution in [3.63, 3.8) is 0 Å². The molecular formula is C12H10Cl2FNO3. The van der Waals surface area contributed by atoms with Gasteiger partial charge < -0.3 is 10.0 Å². The number of amides is 1. The summed E-state index contributed by atoms with van der Waals surface area (Å²) in [7, 11) is 0. The molecule has 1 amide bonds. The lowest BCUT2D eigenvalue weighted by molar-refractivity contribution is -0.149. The monoisotopic (exact) mass is 305 g/mol. The van der Waals surface area contributed by atoms with E-state index in [1.165, 1.54) is 18.2 Å². The first-order chi connectivity index (χ1) is 8.83. The third-order valence-electron chi connectivity index (χ3n) is 3.05. The Bertz CT molecular complexity index is 552. The van der Waals surface area contributed by atoms with Crippen LogP contribution >= 0.6 is 23.2 Å². The molecule has 0 saturated carbocycles. The van der Waals surface area contributed by atoms with Gasteiger partial charge in [0.2, 0.25) is 5.67 Å². The van der Waals surface area contributed by atoms with Gasteiger partial charge in [0.1, 0.15) is 0 Å². The van der Waals surface area contributed by atoms with Crippen LogP contribution in [0.25, 0.3) is 0 Å². The molecule has 7 heteroatoms. The summed E-state index contributed by atoms with van der Waals surface area (Å²) >= 11 is 11.7. The molecule has 1 aromatic rings. The van der Waals surface area contributed by atoms with Crippen LogP contribution in [-0.4, -0.2) is 40.6 Å². The number of benzene rings is 1. The van der Waals surface area contributed by atoms with Gasteiger partial charge >= 0.3 is 5.97 Å². The summed E-state index contributed by atoms with van der Waals surface area (Å²) in [6, 6.07) is 4.37. The van der Waals surface area contributed by atoms with Crippen LogP contribution in [0.15, 0.2) is 18.2 Å². The summed E-state index contributed by atoms with van der Waals surface area (Å²) in [6.45, 7) is -0.450. The SMILES string of the molecule is O=C(c1cc(Cl)ccc1Cl)N1CCC(F)(C(=O)O)C1. The molecule has 1 aromatic carbocycles. The van der Waals surface area contributed by atoms with E-state index in [1.807, 2.05) is 0 Å². The molecule has 4 nitrogen and oxygen atoms in total. The highest BCUT2D eigenvalue weighted by atomic mass is 35.5. The van der Waals surface area contributed by atoms with Crippen LogP contribution in [0.1, 0.15) is 16.8 Å². The minimum absolute atomic E-state index is 0.0322. The number of nitrogens with zero attached hydrogens (tertiary/aromatic N) is 1. The molecule has 1 N–H and O–H groups in total. The van der Waals surface area contributed by atoms with Crippen molar-refractivity contribution in [2.24, 2.45) is 0 Å². The van der Waals surface area contributed by atoms with Gasteiger partial charge in [-0.25, -0.2) is 9.18 Å². The Morgan fingerprint density at radius 3 is 2.63 bits per heavy atom. The Labute approximate surface area is 118 Å². The minimum Gasteiger partial charge on any atom is -0.479 e. The molecule has 0 radical (unpaired) electrons. The molecule has 0 bridgehead atoms. The summed E-state index contributed by atoms with van der Waals surface area (Å²) < 4.78 is 13.9. The van der Waals surface area contributed by atoms with Crippen LogP contribution in [-0.2, 0) is 4.79 Å². The van der Waals surface area contributed by atoms with E-state index in [-0.39, 0.29) is 23.6 Å². The van der Waals surface area contributed by atoms with Crippen LogP contribution in [0.4, 0.5) is 4.39 Å². The lowest BCUT2D eigenvalue weighted by atomic mass is 10.1. The topological polar surface area (TPSA) is 57.6 Å². The number of aliphatic carboxylic acids is 1. The largest absolute Gasteiger partial charge is 0.479 e. The van der Waals surface area contributed by atoms with Crippen LogP contribution in [0.2, 0.25) is 10.0 Å². The molecule has 1 fully saturated rings. The summed E-state index contributed by atoms with van der Waals surface area (Å²) in [4.78, 5) is 24.1. The number of alkyl halides is 1. The lowest BCUT2D eigenvalue weighted by Gasteiger charge is -2.18. The number of hydrogen-bond donors (Lipinski definition) is 1. The Hall–Kier alpha value is -1.33. The average Bonchev–Trinajstić information content (AvgIpc) is 2.76. The van der Waals surface area contributed by atoms with Gasteiger partial charge in [-0.1, -0.05) is 23.2 Å². The second-order valence-corrected chi connectivity index (χ2v) is 5.21. The van der Waals surface area contributed by atoms with Crippen LogP contribution in [0, 0.1) is 0 Å². The van der Waals surface area contributed by atoms with Crippen LogP contribution in [0.3, 0.4) is 0 Å². The number of carbonyl (C=O) groups excluding carboxylic acids is 1. The molecule has 0 aliphatic carbocycles. The number of carboxylic acid groups (broad SMARTS) is 1. The number of carbonyl (C=O) groups is 2. The summed E-state index contributed by atoms with van der Waals surface area (Å²) in [5, 5.41) is 9.31. The molecule has 1 aliphatic rings. The summed E-state index contributed by atoms with van der Waals surface area (Å²) in [5.74, 6) is -2.08. The van der Waals surface area contributed by atoms with Gasteiger partial charge in [0.25, 0.3) is 5.91 Å². The number of halogens is 3. The van der Waals surface area contributed by atoms with E-state index in [0.717, 1.165) is 4.90 Å². The van der Waals surface area contributed by atoms with E-state index >= 15 is 0 Å². The fourth-order valence-electron chi connectivity index (χ4n) is 1.95. The maximum Gasteiger partial charge on any atom is 0.343 e. The smallest absolute Gasteiger partial charge is 0.343 e. The van der Waals surface area contributed by atoms with Crippen molar-refractivity contribution >= 4 is 35.1 Å². The second-order valence-electron chi connectivity index (χ2n) is 4.37. The van der Waals surface area contributed by atoms with E-state index in [2.05, 4.69) is 0 Å². The minimum atomic E-state index is -2.39. The number of carboxylic acids is 1. The fourth-order valence-corrected chi connectivity index (χ4v) is 2.32. The van der Waals surface area contributed by atoms with Crippen molar-refractivity contribution in [2.45, 2.75) is 12.1 Å². The molecule has 1 heterocycles. The zero-order valence-corrected chi connectivity index (χ0v) is 11.2. The average molecular weight is 306 g/mol. The number of likely N-dealkylation sites (tertiary alicyclic amines) is 1. The Kier molecular flexibility index (Phi) is 3.69.